The Labute approximate surface area is 141 Å². The molecule has 7 nitrogen and oxygen atoms in total. The quantitative estimate of drug-likeness (QED) is 0.849. The number of rotatable bonds is 6. The minimum Gasteiger partial charge on any atom is -0.493 e. The number of nitrogens with two attached hydrogens (primary N) is 1. The largest absolute Gasteiger partial charge is 0.493 e. The summed E-state index contributed by atoms with van der Waals surface area (Å²) in [5, 5.41) is 0. The van der Waals surface area contributed by atoms with Crippen LogP contribution in [0.2, 0.25) is 0 Å². The predicted octanol–water partition coefficient (Wildman–Crippen LogP) is 1.44. The van der Waals surface area contributed by atoms with Gasteiger partial charge in [0.1, 0.15) is 0 Å². The van der Waals surface area contributed by atoms with E-state index in [0.29, 0.717) is 42.3 Å². The molecule has 0 aromatic heterocycles. The van der Waals surface area contributed by atoms with E-state index in [1.165, 1.54) is 21.3 Å². The normalized spacial score (nSPS) is 15.0. The number of piperidine rings is 1. The second-order valence-electron chi connectivity index (χ2n) is 5.82. The van der Waals surface area contributed by atoms with Crippen molar-refractivity contribution in [3.8, 4) is 17.2 Å². The van der Waals surface area contributed by atoms with Crippen LogP contribution in [0.5, 0.6) is 17.2 Å². The van der Waals surface area contributed by atoms with Gasteiger partial charge in [-0.05, 0) is 30.9 Å². The number of benzene rings is 1. The average molecular weight is 336 g/mol. The highest BCUT2D eigenvalue weighted by molar-refractivity contribution is 5.95. The molecule has 0 unspecified atom stereocenters. The van der Waals surface area contributed by atoms with Gasteiger partial charge in [-0.3, -0.25) is 9.59 Å². The first kappa shape index (κ1) is 17.9. The number of amides is 2. The zero-order valence-electron chi connectivity index (χ0n) is 14.3. The number of carbonyl (C=O) groups excluding carboxylic acids is 2. The highest BCUT2D eigenvalue weighted by Gasteiger charge is 2.26. The van der Waals surface area contributed by atoms with Gasteiger partial charge in [0.05, 0.1) is 21.3 Å². The molecule has 24 heavy (non-hydrogen) atoms. The first-order valence-electron chi connectivity index (χ1n) is 7.87. The van der Waals surface area contributed by atoms with E-state index in [1.807, 2.05) is 0 Å². The number of carbonyl (C=O) groups is 2. The van der Waals surface area contributed by atoms with Gasteiger partial charge in [-0.15, -0.1) is 0 Å². The van der Waals surface area contributed by atoms with Gasteiger partial charge in [0.15, 0.2) is 11.5 Å². The first-order valence-corrected chi connectivity index (χ1v) is 7.87. The number of ether oxygens (including phenoxy) is 3. The lowest BCUT2D eigenvalue weighted by Crippen LogP contribution is -2.39. The van der Waals surface area contributed by atoms with Crippen LogP contribution >= 0.6 is 0 Å². The predicted molar refractivity (Wildman–Crippen MR) is 88.5 cm³/mol. The Kier molecular flexibility index (Phi) is 5.89. The van der Waals surface area contributed by atoms with Crippen LogP contribution in [0.25, 0.3) is 0 Å². The molecule has 2 amide bonds. The number of nitrogens with zero attached hydrogens (tertiary/aromatic N) is 1. The molecule has 1 fully saturated rings. The van der Waals surface area contributed by atoms with Crippen molar-refractivity contribution in [1.82, 2.24) is 4.90 Å². The Balaban J connectivity index is 2.14. The monoisotopic (exact) mass is 336 g/mol. The van der Waals surface area contributed by atoms with Crippen molar-refractivity contribution in [3.05, 3.63) is 17.7 Å². The first-order chi connectivity index (χ1) is 11.5. The summed E-state index contributed by atoms with van der Waals surface area (Å²) in [6.07, 6.45) is 1.93. The van der Waals surface area contributed by atoms with E-state index in [1.54, 1.807) is 17.0 Å². The van der Waals surface area contributed by atoms with Crippen molar-refractivity contribution in [3.63, 3.8) is 0 Å². The lowest BCUT2D eigenvalue weighted by atomic mass is 9.93. The smallest absolute Gasteiger partial charge is 0.254 e. The van der Waals surface area contributed by atoms with Gasteiger partial charge in [0.25, 0.3) is 5.91 Å². The van der Waals surface area contributed by atoms with Crippen LogP contribution in [0, 0.1) is 5.92 Å². The lowest BCUT2D eigenvalue weighted by molar-refractivity contribution is -0.119. The Hall–Kier alpha value is -2.44. The standard InChI is InChI=1S/C17H24N2O5/c1-22-13-9-12(10-14(23-2)16(13)24-3)17(21)19-6-4-11(5-7-19)8-15(18)20/h9-11H,4-8H2,1-3H3,(H2,18,20). The summed E-state index contributed by atoms with van der Waals surface area (Å²) in [6.45, 7) is 1.21. The zero-order chi connectivity index (χ0) is 17.7. The number of likely N-dealkylation sites (tertiary alicyclic amines) is 1. The summed E-state index contributed by atoms with van der Waals surface area (Å²) in [5.74, 6) is 1.23. The molecule has 132 valence electrons. The number of methoxy groups -OCH3 is 3. The molecule has 1 aromatic rings. The number of primary amides is 1. The average Bonchev–Trinajstić information content (AvgIpc) is 2.59. The Morgan fingerprint density at radius 2 is 1.62 bits per heavy atom. The van der Waals surface area contributed by atoms with Gasteiger partial charge < -0.3 is 24.8 Å². The molecule has 2 rings (SSSR count). The fraction of sp³-hybridized carbons (Fsp3) is 0.529. The fourth-order valence-electron chi connectivity index (χ4n) is 3.01. The van der Waals surface area contributed by atoms with Crippen molar-refractivity contribution in [1.29, 1.82) is 0 Å². The highest BCUT2D eigenvalue weighted by atomic mass is 16.5. The zero-order valence-corrected chi connectivity index (χ0v) is 14.3. The molecule has 1 heterocycles. The maximum Gasteiger partial charge on any atom is 0.254 e. The van der Waals surface area contributed by atoms with Crippen molar-refractivity contribution in [2.75, 3.05) is 34.4 Å². The summed E-state index contributed by atoms with van der Waals surface area (Å²) in [5.41, 5.74) is 5.73. The maximum atomic E-state index is 12.7. The van der Waals surface area contributed by atoms with Gasteiger partial charge in [-0.2, -0.15) is 0 Å². The fourth-order valence-corrected chi connectivity index (χ4v) is 3.01. The highest BCUT2D eigenvalue weighted by Crippen LogP contribution is 2.38. The molecular weight excluding hydrogens is 312 g/mol. The Morgan fingerprint density at radius 3 is 2.04 bits per heavy atom. The summed E-state index contributed by atoms with van der Waals surface area (Å²) in [4.78, 5) is 25.5. The molecule has 0 atom stereocenters. The second kappa shape index (κ2) is 7.90. The number of hydrogen-bond donors (Lipinski definition) is 1. The van der Waals surface area contributed by atoms with Crippen LogP contribution in [-0.4, -0.2) is 51.1 Å². The van der Waals surface area contributed by atoms with E-state index in [0.717, 1.165) is 12.8 Å². The van der Waals surface area contributed by atoms with Gasteiger partial charge >= 0.3 is 0 Å². The SMILES string of the molecule is COc1cc(C(=O)N2CCC(CC(N)=O)CC2)cc(OC)c1OC. The molecule has 7 heteroatoms. The van der Waals surface area contributed by atoms with Crippen molar-refractivity contribution >= 4 is 11.8 Å². The molecular formula is C17H24N2O5. The van der Waals surface area contributed by atoms with E-state index in [9.17, 15) is 9.59 Å². The van der Waals surface area contributed by atoms with Crippen LogP contribution in [0.15, 0.2) is 12.1 Å². The van der Waals surface area contributed by atoms with Gasteiger partial charge in [-0.1, -0.05) is 0 Å². The molecule has 1 saturated heterocycles. The van der Waals surface area contributed by atoms with E-state index in [-0.39, 0.29) is 17.7 Å². The topological polar surface area (TPSA) is 91.1 Å². The van der Waals surface area contributed by atoms with Crippen molar-refractivity contribution < 1.29 is 23.8 Å². The Morgan fingerprint density at radius 1 is 1.08 bits per heavy atom. The molecule has 0 aliphatic carbocycles. The lowest BCUT2D eigenvalue weighted by Gasteiger charge is -2.31. The third kappa shape index (κ3) is 3.90. The summed E-state index contributed by atoms with van der Waals surface area (Å²) < 4.78 is 15.9. The molecule has 0 saturated carbocycles. The van der Waals surface area contributed by atoms with E-state index < -0.39 is 0 Å². The number of hydrogen-bond acceptors (Lipinski definition) is 5. The van der Waals surface area contributed by atoms with Gasteiger partial charge in [0.2, 0.25) is 11.7 Å². The molecule has 0 radical (unpaired) electrons. The van der Waals surface area contributed by atoms with E-state index in [2.05, 4.69) is 0 Å². The second-order valence-corrected chi connectivity index (χ2v) is 5.82. The van der Waals surface area contributed by atoms with E-state index in [4.69, 9.17) is 19.9 Å². The van der Waals surface area contributed by atoms with Crippen molar-refractivity contribution in [2.45, 2.75) is 19.3 Å². The molecule has 0 bridgehead atoms. The molecule has 1 aromatic carbocycles. The minimum absolute atomic E-state index is 0.0909. The summed E-state index contributed by atoms with van der Waals surface area (Å²) in [6, 6.07) is 3.30. The maximum absolute atomic E-state index is 12.7. The third-order valence-corrected chi connectivity index (χ3v) is 4.30. The third-order valence-electron chi connectivity index (χ3n) is 4.30. The Bertz CT molecular complexity index is 584. The van der Waals surface area contributed by atoms with Crippen LogP contribution in [0.1, 0.15) is 29.6 Å². The van der Waals surface area contributed by atoms with Gasteiger partial charge in [0, 0.05) is 25.1 Å². The van der Waals surface area contributed by atoms with Gasteiger partial charge in [-0.25, -0.2) is 0 Å². The summed E-state index contributed by atoms with van der Waals surface area (Å²) in [7, 11) is 4.55. The van der Waals surface area contributed by atoms with Crippen LogP contribution in [-0.2, 0) is 4.79 Å². The molecule has 0 spiro atoms. The van der Waals surface area contributed by atoms with Crippen LogP contribution in [0.3, 0.4) is 0 Å². The molecule has 1 aliphatic heterocycles. The molecule has 1 aliphatic rings. The van der Waals surface area contributed by atoms with Crippen molar-refractivity contribution in [2.24, 2.45) is 11.7 Å². The van der Waals surface area contributed by atoms with E-state index >= 15 is 0 Å². The molecule has 2 N–H and O–H groups in total. The minimum atomic E-state index is -0.288. The van der Waals surface area contributed by atoms with Crippen LogP contribution in [0.4, 0.5) is 0 Å². The summed E-state index contributed by atoms with van der Waals surface area (Å²) >= 11 is 0. The van der Waals surface area contributed by atoms with Crippen LogP contribution < -0.4 is 19.9 Å².